The summed E-state index contributed by atoms with van der Waals surface area (Å²) in [5.74, 6) is 0.0582. The zero-order valence-electron chi connectivity index (χ0n) is 9.96. The highest BCUT2D eigenvalue weighted by Crippen LogP contribution is 2.55. The second-order valence-corrected chi connectivity index (χ2v) is 4.92. The molecule has 0 radical (unpaired) electrons. The van der Waals surface area contributed by atoms with Gasteiger partial charge in [0.15, 0.2) is 0 Å². The van der Waals surface area contributed by atoms with Crippen LogP contribution in [0.3, 0.4) is 0 Å². The van der Waals surface area contributed by atoms with Gasteiger partial charge < -0.3 is 0 Å². The topological polar surface area (TPSA) is 17.1 Å². The third-order valence-electron chi connectivity index (χ3n) is 4.14. The van der Waals surface area contributed by atoms with Crippen LogP contribution in [0.25, 0.3) is 0 Å². The van der Waals surface area contributed by atoms with Crippen molar-refractivity contribution in [2.75, 3.05) is 0 Å². The van der Waals surface area contributed by atoms with Crippen molar-refractivity contribution in [3.63, 3.8) is 0 Å². The Morgan fingerprint density at radius 1 is 1.38 bits per heavy atom. The highest BCUT2D eigenvalue weighted by molar-refractivity contribution is 5.95. The van der Waals surface area contributed by atoms with E-state index >= 15 is 0 Å². The molecule has 2 heteroatoms. The van der Waals surface area contributed by atoms with Crippen LogP contribution >= 0.6 is 0 Å². The molecule has 0 bridgehead atoms. The molecule has 0 aromatic heterocycles. The largest absolute Gasteiger partial charge is 0.299 e. The third-order valence-corrected chi connectivity index (χ3v) is 4.14. The van der Waals surface area contributed by atoms with Gasteiger partial charge >= 0.3 is 0 Å². The Morgan fingerprint density at radius 2 is 2.00 bits per heavy atom. The SMILES string of the molecule is CCC1(C)C(=O)C(C)C1c1ccccc1F. The van der Waals surface area contributed by atoms with Gasteiger partial charge in [-0.3, -0.25) is 4.79 Å². The van der Waals surface area contributed by atoms with E-state index in [0.717, 1.165) is 6.42 Å². The van der Waals surface area contributed by atoms with Gasteiger partial charge in [0, 0.05) is 17.3 Å². The fraction of sp³-hybridized carbons (Fsp3) is 0.500. The van der Waals surface area contributed by atoms with Crippen molar-refractivity contribution in [1.29, 1.82) is 0 Å². The van der Waals surface area contributed by atoms with Crippen molar-refractivity contribution in [3.05, 3.63) is 35.6 Å². The first-order valence-electron chi connectivity index (χ1n) is 5.81. The van der Waals surface area contributed by atoms with E-state index in [1.165, 1.54) is 6.07 Å². The van der Waals surface area contributed by atoms with Gasteiger partial charge in [-0.05, 0) is 18.1 Å². The van der Waals surface area contributed by atoms with Crippen LogP contribution in [0.5, 0.6) is 0 Å². The standard InChI is InChI=1S/C14H17FO/c1-4-14(3)12(9(2)13(14)16)10-7-5-6-8-11(10)15/h5-9,12H,4H2,1-3H3. The lowest BCUT2D eigenvalue weighted by Gasteiger charge is -2.50. The summed E-state index contributed by atoms with van der Waals surface area (Å²) in [7, 11) is 0. The first-order chi connectivity index (χ1) is 7.52. The molecular weight excluding hydrogens is 203 g/mol. The zero-order chi connectivity index (χ0) is 11.9. The number of benzene rings is 1. The van der Waals surface area contributed by atoms with Crippen molar-refractivity contribution in [1.82, 2.24) is 0 Å². The molecular formula is C14H17FO. The molecule has 3 unspecified atom stereocenters. The Balaban J connectivity index is 2.42. The van der Waals surface area contributed by atoms with Gasteiger partial charge in [-0.2, -0.15) is 0 Å². The van der Waals surface area contributed by atoms with Crippen LogP contribution in [0.15, 0.2) is 24.3 Å². The Labute approximate surface area is 95.7 Å². The molecule has 0 N–H and O–H groups in total. The third kappa shape index (κ3) is 1.32. The normalized spacial score (nSPS) is 33.6. The van der Waals surface area contributed by atoms with Crippen molar-refractivity contribution >= 4 is 5.78 Å². The lowest BCUT2D eigenvalue weighted by Crippen LogP contribution is -2.53. The summed E-state index contributed by atoms with van der Waals surface area (Å²) in [5, 5.41) is 0. The molecule has 1 fully saturated rings. The highest BCUT2D eigenvalue weighted by atomic mass is 19.1. The van der Waals surface area contributed by atoms with Gasteiger partial charge in [-0.1, -0.05) is 39.0 Å². The van der Waals surface area contributed by atoms with E-state index in [0.29, 0.717) is 5.56 Å². The number of halogens is 1. The van der Waals surface area contributed by atoms with Crippen LogP contribution in [0.2, 0.25) is 0 Å². The molecule has 86 valence electrons. The lowest BCUT2D eigenvalue weighted by molar-refractivity contribution is -0.147. The molecule has 0 heterocycles. The summed E-state index contributed by atoms with van der Waals surface area (Å²) in [4.78, 5) is 11.9. The zero-order valence-corrected chi connectivity index (χ0v) is 9.96. The maximum Gasteiger partial charge on any atom is 0.142 e. The number of hydrogen-bond acceptors (Lipinski definition) is 1. The summed E-state index contributed by atoms with van der Waals surface area (Å²) in [6.45, 7) is 5.85. The van der Waals surface area contributed by atoms with E-state index < -0.39 is 0 Å². The van der Waals surface area contributed by atoms with Crippen LogP contribution < -0.4 is 0 Å². The average molecular weight is 220 g/mol. The number of carbonyl (C=O) groups excluding carboxylic acids is 1. The molecule has 1 aromatic carbocycles. The van der Waals surface area contributed by atoms with Gasteiger partial charge in [0.25, 0.3) is 0 Å². The summed E-state index contributed by atoms with van der Waals surface area (Å²) in [6, 6.07) is 6.80. The predicted molar refractivity (Wildman–Crippen MR) is 61.7 cm³/mol. The minimum atomic E-state index is -0.373. The summed E-state index contributed by atoms with van der Waals surface area (Å²) < 4.78 is 13.7. The number of Topliss-reactive ketones (excluding diaryl/α,β-unsaturated/α-hetero) is 1. The summed E-state index contributed by atoms with van der Waals surface area (Å²) >= 11 is 0. The molecule has 1 aromatic rings. The number of carbonyl (C=O) groups is 1. The number of hydrogen-bond donors (Lipinski definition) is 0. The monoisotopic (exact) mass is 220 g/mol. The molecule has 1 saturated carbocycles. The fourth-order valence-corrected chi connectivity index (χ4v) is 3.01. The summed E-state index contributed by atoms with van der Waals surface area (Å²) in [5.41, 5.74) is 0.320. The van der Waals surface area contributed by atoms with Crippen LogP contribution in [0.4, 0.5) is 4.39 Å². The molecule has 3 atom stereocenters. The Hall–Kier alpha value is -1.18. The minimum absolute atomic E-state index is 0.0335. The van der Waals surface area contributed by atoms with E-state index in [1.807, 2.05) is 26.8 Å². The molecule has 0 amide bonds. The molecule has 0 aliphatic heterocycles. The second-order valence-electron chi connectivity index (χ2n) is 4.92. The van der Waals surface area contributed by atoms with Crippen LogP contribution in [-0.4, -0.2) is 5.78 Å². The van der Waals surface area contributed by atoms with E-state index in [4.69, 9.17) is 0 Å². The maximum absolute atomic E-state index is 13.7. The minimum Gasteiger partial charge on any atom is -0.299 e. The van der Waals surface area contributed by atoms with Crippen LogP contribution in [0, 0.1) is 17.2 Å². The van der Waals surface area contributed by atoms with Gasteiger partial charge in [-0.25, -0.2) is 4.39 Å². The average Bonchev–Trinajstić information content (AvgIpc) is 2.31. The van der Waals surface area contributed by atoms with Crippen molar-refractivity contribution < 1.29 is 9.18 Å². The second kappa shape index (κ2) is 3.69. The van der Waals surface area contributed by atoms with E-state index in [1.54, 1.807) is 12.1 Å². The van der Waals surface area contributed by atoms with Crippen LogP contribution in [0.1, 0.15) is 38.7 Å². The number of rotatable bonds is 2. The Morgan fingerprint density at radius 3 is 2.56 bits per heavy atom. The first kappa shape index (κ1) is 11.3. The van der Waals surface area contributed by atoms with Crippen molar-refractivity contribution in [2.45, 2.75) is 33.1 Å². The first-order valence-corrected chi connectivity index (χ1v) is 5.81. The van der Waals surface area contributed by atoms with Crippen molar-refractivity contribution in [2.24, 2.45) is 11.3 Å². The van der Waals surface area contributed by atoms with Gasteiger partial charge in [0.2, 0.25) is 0 Å². The number of ketones is 1. The lowest BCUT2D eigenvalue weighted by atomic mass is 9.51. The van der Waals surface area contributed by atoms with Gasteiger partial charge in [0.1, 0.15) is 11.6 Å². The maximum atomic E-state index is 13.7. The Kier molecular flexibility index (Phi) is 2.61. The van der Waals surface area contributed by atoms with Gasteiger partial charge in [-0.15, -0.1) is 0 Å². The predicted octanol–water partition coefficient (Wildman–Crippen LogP) is 3.54. The molecule has 16 heavy (non-hydrogen) atoms. The quantitative estimate of drug-likeness (QED) is 0.745. The van der Waals surface area contributed by atoms with Gasteiger partial charge in [0.05, 0.1) is 0 Å². The molecule has 1 nitrogen and oxygen atoms in total. The fourth-order valence-electron chi connectivity index (χ4n) is 3.01. The summed E-state index contributed by atoms with van der Waals surface area (Å²) in [6.07, 6.45) is 0.773. The molecule has 2 rings (SSSR count). The molecule has 1 aliphatic rings. The van der Waals surface area contributed by atoms with Crippen LogP contribution in [-0.2, 0) is 4.79 Å². The smallest absolute Gasteiger partial charge is 0.142 e. The van der Waals surface area contributed by atoms with Crippen molar-refractivity contribution in [3.8, 4) is 0 Å². The van der Waals surface area contributed by atoms with E-state index in [2.05, 4.69) is 0 Å². The highest BCUT2D eigenvalue weighted by Gasteiger charge is 2.56. The molecule has 0 spiro atoms. The Bertz CT molecular complexity index is 426. The molecule has 1 aliphatic carbocycles. The van der Waals surface area contributed by atoms with E-state index in [-0.39, 0.29) is 28.9 Å². The van der Waals surface area contributed by atoms with E-state index in [9.17, 15) is 9.18 Å². The molecule has 0 saturated heterocycles.